The summed E-state index contributed by atoms with van der Waals surface area (Å²) < 4.78 is 47.4. The summed E-state index contributed by atoms with van der Waals surface area (Å²) in [4.78, 5) is 47.2. The third-order valence-corrected chi connectivity index (χ3v) is 15.4. The van der Waals surface area contributed by atoms with E-state index in [1.165, 1.54) is 18.9 Å². The van der Waals surface area contributed by atoms with Crippen molar-refractivity contribution in [1.82, 2.24) is 14.6 Å². The number of amides is 2. The maximum absolute atomic E-state index is 14.5. The fraction of sp³-hybridized carbons (Fsp3) is 0.213. The largest absolute Gasteiger partial charge is 0.489 e. The molecule has 3 heterocycles. The van der Waals surface area contributed by atoms with E-state index in [9.17, 15) is 22.8 Å². The van der Waals surface area contributed by atoms with E-state index in [-0.39, 0.29) is 46.9 Å². The predicted molar refractivity (Wildman–Crippen MR) is 246 cm³/mol. The van der Waals surface area contributed by atoms with Gasteiger partial charge in [-0.05, 0) is 95.3 Å². The molecule has 0 saturated heterocycles. The van der Waals surface area contributed by atoms with Crippen molar-refractivity contribution >= 4 is 73.2 Å². The molecule has 18 heteroatoms. The number of halogens is 2. The van der Waals surface area contributed by atoms with Crippen molar-refractivity contribution in [1.29, 1.82) is 5.26 Å². The Morgan fingerprint density at radius 1 is 0.969 bits per heavy atom. The number of rotatable bonds is 12. The first-order valence-corrected chi connectivity index (χ1v) is 23.1. The molecule has 2 amide bonds. The number of hydrogen-bond acceptors (Lipinski definition) is 12. The van der Waals surface area contributed by atoms with Crippen molar-refractivity contribution in [3.8, 4) is 28.7 Å². The Morgan fingerprint density at radius 3 is 2.28 bits per heavy atom. The molecule has 14 nitrogen and oxygen atoms in total. The van der Waals surface area contributed by atoms with Gasteiger partial charge in [-0.3, -0.25) is 9.59 Å². The minimum Gasteiger partial charge on any atom is -0.489 e. The summed E-state index contributed by atoms with van der Waals surface area (Å²) in [7, 11) is -1.58. The van der Waals surface area contributed by atoms with Crippen LogP contribution in [-0.4, -0.2) is 61.7 Å². The highest BCUT2D eigenvalue weighted by molar-refractivity contribution is 7.91. The number of carbonyl (C=O) groups excluding carboxylic acids is 3. The van der Waals surface area contributed by atoms with Gasteiger partial charge in [0.2, 0.25) is 12.0 Å². The first-order valence-electron chi connectivity index (χ1n) is 20.1. The number of nitrogens with one attached hydrogen (secondary N) is 1. The Morgan fingerprint density at radius 2 is 1.65 bits per heavy atom. The van der Waals surface area contributed by atoms with Crippen LogP contribution < -0.4 is 25.4 Å². The summed E-state index contributed by atoms with van der Waals surface area (Å²) in [5.41, 5.74) is 12.1. The first-order chi connectivity index (χ1) is 31.1. The van der Waals surface area contributed by atoms with E-state index in [0.29, 0.717) is 55.0 Å². The molecule has 8 rings (SSSR count). The Kier molecular flexibility index (Phi) is 12.9. The van der Waals surface area contributed by atoms with E-state index in [0.717, 1.165) is 32.3 Å². The number of sulfonamides is 1. The Labute approximate surface area is 389 Å². The van der Waals surface area contributed by atoms with Gasteiger partial charge in [-0.2, -0.15) is 9.57 Å². The molecule has 0 fully saturated rings. The number of methoxy groups -OCH3 is 1. The van der Waals surface area contributed by atoms with E-state index in [1.807, 2.05) is 42.5 Å². The number of carbonyl (C=O) groups is 3. The molecule has 332 valence electrons. The third-order valence-electron chi connectivity index (χ3n) is 11.3. The number of hydrogen-bond donors (Lipinski definition) is 2. The zero-order valence-corrected chi connectivity index (χ0v) is 38.2. The minimum absolute atomic E-state index is 0.0417. The average molecular weight is 952 g/mol. The number of aromatic nitrogens is 1. The molecule has 65 heavy (non-hydrogen) atoms. The van der Waals surface area contributed by atoms with Crippen LogP contribution in [0.4, 0.5) is 10.8 Å². The average Bonchev–Trinajstić information content (AvgIpc) is 3.67. The Balaban J connectivity index is 1.05. The van der Waals surface area contributed by atoms with Crippen LogP contribution in [0.5, 0.6) is 11.5 Å². The molecule has 0 bridgehead atoms. The number of nitrogen functional groups attached to an aromatic ring is 1. The van der Waals surface area contributed by atoms with Crippen molar-refractivity contribution in [3.63, 3.8) is 0 Å². The SMILES string of the molecule is COC(=O)C(Cc1ccc(-c2ccc(C#N)cc2)cc1)NC(=O)[C@@H]1Cc2cc3c(cc2CN1S(=O)(=O)c1sc(N)nc1C)O[C@@H](c1ccc(OCc2ccc(Cl)c(Cl)c2)cc1)C(=O)N3C. The molecule has 0 radical (unpaired) electrons. The zero-order chi connectivity index (χ0) is 46.2. The normalized spacial score (nSPS) is 16.4. The maximum atomic E-state index is 14.5. The summed E-state index contributed by atoms with van der Waals surface area (Å²) in [5, 5.41) is 12.8. The van der Waals surface area contributed by atoms with Crippen molar-refractivity contribution in [3.05, 3.63) is 152 Å². The lowest BCUT2D eigenvalue weighted by atomic mass is 9.93. The van der Waals surface area contributed by atoms with Crippen molar-refractivity contribution in [2.75, 3.05) is 24.8 Å². The number of likely N-dealkylation sites (N-methyl/N-ethyl adjacent to an activating group) is 1. The molecule has 2 aliphatic rings. The molecule has 3 atom stereocenters. The molecule has 1 unspecified atom stereocenters. The molecule has 1 aromatic heterocycles. The molecular formula is C47H40Cl2N6O8S2. The second-order valence-electron chi connectivity index (χ2n) is 15.5. The highest BCUT2D eigenvalue weighted by atomic mass is 35.5. The number of nitriles is 1. The standard InChI is InChI=1S/C47H40Cl2N6O8S2/c1-26-46(64-47(51)52-26)65(59,60)55-24-34-22-41-39(54(2)44(57)42(63-41)32-13-15-35(16-14-32)62-25-29-8-17-36(48)37(49)18-29)20-33(34)21-40(55)43(56)53-38(45(58)61-3)19-27-4-9-30(10-5-27)31-11-6-28(23-50)7-12-31/h4-18,20,22,38,40,42H,19,21,24-25H2,1-3H3,(H2,51,52)(H,53,56)/t38?,40-,42-/m0/s1. The molecule has 6 aromatic rings. The fourth-order valence-corrected chi connectivity index (χ4v) is 11.1. The topological polar surface area (TPSA) is 194 Å². The predicted octanol–water partition coefficient (Wildman–Crippen LogP) is 7.57. The van der Waals surface area contributed by atoms with Crippen molar-refractivity contribution < 1.29 is 37.0 Å². The molecule has 0 spiro atoms. The number of fused-ring (bicyclic) bond motifs is 2. The van der Waals surface area contributed by atoms with Crippen molar-refractivity contribution in [2.24, 2.45) is 0 Å². The quantitative estimate of drug-likeness (QED) is 0.115. The first kappa shape index (κ1) is 45.1. The highest BCUT2D eigenvalue weighted by Gasteiger charge is 2.44. The third kappa shape index (κ3) is 9.38. The zero-order valence-electron chi connectivity index (χ0n) is 35.1. The van der Waals surface area contributed by atoms with Crippen LogP contribution in [0, 0.1) is 18.3 Å². The Bertz CT molecular complexity index is 2980. The van der Waals surface area contributed by atoms with Gasteiger partial charge in [-0.15, -0.1) is 0 Å². The number of nitrogens with zero attached hydrogens (tertiary/aromatic N) is 4. The maximum Gasteiger partial charge on any atom is 0.328 e. The fourth-order valence-electron chi connectivity index (χ4n) is 7.79. The summed E-state index contributed by atoms with van der Waals surface area (Å²) in [6.07, 6.45) is -1.09. The van der Waals surface area contributed by atoms with Crippen LogP contribution in [-0.2, 0) is 55.1 Å². The van der Waals surface area contributed by atoms with Crippen LogP contribution in [0.25, 0.3) is 11.1 Å². The second-order valence-corrected chi connectivity index (χ2v) is 19.4. The van der Waals surface area contributed by atoms with Crippen molar-refractivity contribution in [2.45, 2.75) is 55.3 Å². The number of thiazole rings is 1. The van der Waals surface area contributed by atoms with Gasteiger partial charge in [0.05, 0.1) is 40.2 Å². The van der Waals surface area contributed by atoms with Gasteiger partial charge >= 0.3 is 5.97 Å². The van der Waals surface area contributed by atoms with E-state index in [1.54, 1.807) is 67.7 Å². The van der Waals surface area contributed by atoms with E-state index in [2.05, 4.69) is 16.4 Å². The highest BCUT2D eigenvalue weighted by Crippen LogP contribution is 2.43. The number of aryl methyl sites for hydroxylation is 1. The van der Waals surface area contributed by atoms with Crippen LogP contribution >= 0.6 is 34.5 Å². The molecule has 0 aliphatic carbocycles. The lowest BCUT2D eigenvalue weighted by Crippen LogP contribution is -2.56. The van der Waals surface area contributed by atoms with Crippen LogP contribution in [0.2, 0.25) is 10.0 Å². The van der Waals surface area contributed by atoms with Crippen LogP contribution in [0.15, 0.2) is 107 Å². The Hall–Kier alpha value is -6.48. The minimum atomic E-state index is -4.41. The number of anilines is 2. The van der Waals surface area contributed by atoms with Gasteiger partial charge in [0.25, 0.3) is 15.9 Å². The summed E-state index contributed by atoms with van der Waals surface area (Å²) >= 11 is 13.0. The number of benzene rings is 5. The lowest BCUT2D eigenvalue weighted by molar-refractivity contribution is -0.145. The summed E-state index contributed by atoms with van der Waals surface area (Å²) in [5.74, 6) is -0.915. The van der Waals surface area contributed by atoms with Crippen LogP contribution in [0.3, 0.4) is 0 Å². The smallest absolute Gasteiger partial charge is 0.328 e. The number of esters is 1. The molecule has 5 aromatic carbocycles. The van der Waals surface area contributed by atoms with E-state index >= 15 is 0 Å². The molecule has 0 saturated carbocycles. The van der Waals surface area contributed by atoms with Gasteiger partial charge < -0.3 is 30.2 Å². The summed E-state index contributed by atoms with van der Waals surface area (Å²) in [6.45, 7) is 1.51. The van der Waals surface area contributed by atoms with Gasteiger partial charge in [0, 0.05) is 25.6 Å². The van der Waals surface area contributed by atoms with Crippen LogP contribution in [0.1, 0.15) is 45.2 Å². The van der Waals surface area contributed by atoms with E-state index < -0.39 is 40.1 Å². The van der Waals surface area contributed by atoms with Gasteiger partial charge in [0.15, 0.2) is 9.34 Å². The summed E-state index contributed by atoms with van der Waals surface area (Å²) in [6, 6.07) is 29.7. The van der Waals surface area contributed by atoms with Gasteiger partial charge in [-0.1, -0.05) is 89.1 Å². The number of ether oxygens (including phenoxy) is 3. The molecular weight excluding hydrogens is 912 g/mol. The van der Waals surface area contributed by atoms with E-state index in [4.69, 9.17) is 48.4 Å². The molecule has 3 N–H and O–H groups in total. The lowest BCUT2D eigenvalue weighted by Gasteiger charge is -2.38. The second kappa shape index (κ2) is 18.6. The molecule has 2 aliphatic heterocycles. The van der Waals surface area contributed by atoms with Gasteiger partial charge in [-0.25, -0.2) is 18.2 Å². The van der Waals surface area contributed by atoms with Gasteiger partial charge in [0.1, 0.15) is 30.2 Å². The number of nitrogens with two attached hydrogens (primary N) is 1. The monoisotopic (exact) mass is 950 g/mol.